The molecule has 0 aromatic rings. The Balaban J connectivity index is 3.43. The molecule has 6 heteroatoms. The molecule has 1 amide bonds. The summed E-state index contributed by atoms with van der Waals surface area (Å²) in [5.74, 6) is -0.0636. The van der Waals surface area contributed by atoms with Gasteiger partial charge in [0.05, 0.1) is 25.4 Å². The van der Waals surface area contributed by atoms with Crippen LogP contribution in [0.15, 0.2) is 48.6 Å². The van der Waals surface area contributed by atoms with Crippen molar-refractivity contribution in [2.24, 2.45) is 0 Å². The lowest BCUT2D eigenvalue weighted by molar-refractivity contribution is -0.143. The fourth-order valence-corrected chi connectivity index (χ4v) is 11.6. The number of allylic oxidation sites excluding steroid dienone is 7. The molecule has 0 bridgehead atoms. The first-order chi connectivity index (χ1) is 41.0. The van der Waals surface area contributed by atoms with Crippen LogP contribution in [0.25, 0.3) is 0 Å². The van der Waals surface area contributed by atoms with Crippen molar-refractivity contribution in [3.63, 3.8) is 0 Å². The van der Waals surface area contributed by atoms with Gasteiger partial charge in [-0.2, -0.15) is 0 Å². The van der Waals surface area contributed by atoms with Crippen LogP contribution in [-0.4, -0.2) is 47.4 Å². The van der Waals surface area contributed by atoms with E-state index < -0.39 is 12.1 Å². The standard InChI is InChI=1S/C77H145NO5/c1-3-5-7-9-11-13-15-17-19-21-23-24-25-28-31-34-37-41-45-49-53-57-61-65-69-75(80)74(73-79)78-76(81)70-66-62-58-54-50-46-42-38-35-32-29-26-27-30-33-36-40-44-48-52-56-60-64-68-72-83-77(82)71-67-63-59-55-51-47-43-39-22-20-18-16-14-12-10-8-6-4-2/h14,16,20,22,29,32,65,69,74-75,79-80H,3-13,15,17-19,21,23-28,30-31,33-64,66-68,70-73H2,1-2H3,(H,78,81)/b16-14-,22-20-,32-29-,69-65+. The number of hydrogen-bond acceptors (Lipinski definition) is 5. The molecule has 6 nitrogen and oxygen atoms in total. The number of rotatable bonds is 70. The summed E-state index contributed by atoms with van der Waals surface area (Å²) < 4.78 is 5.50. The zero-order valence-electron chi connectivity index (χ0n) is 55.9. The fraction of sp³-hybridized carbons (Fsp3) is 0.870. The Kier molecular flexibility index (Phi) is 70.4. The second kappa shape index (κ2) is 72.3. The SMILES string of the molecule is CCCCCC/C=C\C/C=C\CCCCCCCCCC(=O)OCCCCCCCCCCCCCC/C=C\CCCCCCCCCCC(=O)NC(CO)C(O)/C=C/CCCCCCCCCCCCCCCCCCCCCCCC. The van der Waals surface area contributed by atoms with Gasteiger partial charge in [0, 0.05) is 12.8 Å². The molecule has 3 N–H and O–H groups in total. The van der Waals surface area contributed by atoms with Crippen LogP contribution in [0.5, 0.6) is 0 Å². The van der Waals surface area contributed by atoms with Gasteiger partial charge in [0.25, 0.3) is 0 Å². The summed E-state index contributed by atoms with van der Waals surface area (Å²) in [6, 6.07) is -0.634. The van der Waals surface area contributed by atoms with Crippen molar-refractivity contribution in [3.05, 3.63) is 48.6 Å². The molecule has 0 rings (SSSR count). The van der Waals surface area contributed by atoms with Gasteiger partial charge in [0.1, 0.15) is 0 Å². The fourth-order valence-electron chi connectivity index (χ4n) is 11.6. The highest BCUT2D eigenvalue weighted by Gasteiger charge is 2.18. The molecule has 0 spiro atoms. The van der Waals surface area contributed by atoms with Crippen molar-refractivity contribution >= 4 is 11.9 Å². The number of hydrogen-bond donors (Lipinski definition) is 3. The number of carbonyl (C=O) groups excluding carboxylic acids is 2. The Morgan fingerprint density at radius 2 is 0.602 bits per heavy atom. The molecule has 0 fully saturated rings. The van der Waals surface area contributed by atoms with Crippen LogP contribution in [0.3, 0.4) is 0 Å². The lowest BCUT2D eigenvalue weighted by atomic mass is 10.0. The third-order valence-electron chi connectivity index (χ3n) is 17.3. The number of nitrogens with one attached hydrogen (secondary N) is 1. The van der Waals surface area contributed by atoms with Gasteiger partial charge in [0.2, 0.25) is 5.91 Å². The minimum absolute atomic E-state index is 0.00519. The van der Waals surface area contributed by atoms with Crippen LogP contribution in [0.2, 0.25) is 0 Å². The molecule has 0 aliphatic heterocycles. The maximum absolute atomic E-state index is 12.5. The van der Waals surface area contributed by atoms with E-state index in [2.05, 4.69) is 55.6 Å². The average molecular weight is 1170 g/mol. The number of amides is 1. The molecule has 0 aliphatic carbocycles. The molecule has 2 unspecified atom stereocenters. The number of esters is 1. The van der Waals surface area contributed by atoms with E-state index in [1.807, 2.05) is 6.08 Å². The van der Waals surface area contributed by atoms with Gasteiger partial charge in [-0.1, -0.05) is 351 Å². The summed E-state index contributed by atoms with van der Waals surface area (Å²) in [6.45, 7) is 4.92. The molecule has 0 saturated heterocycles. The van der Waals surface area contributed by atoms with E-state index >= 15 is 0 Å². The van der Waals surface area contributed by atoms with Gasteiger partial charge in [-0.25, -0.2) is 0 Å². The molecular formula is C77H145NO5. The molecular weight excluding hydrogens is 1020 g/mol. The molecule has 0 aromatic heterocycles. The summed E-state index contributed by atoms with van der Waals surface area (Å²) in [6.07, 6.45) is 94.8. The van der Waals surface area contributed by atoms with Gasteiger partial charge < -0.3 is 20.3 Å². The van der Waals surface area contributed by atoms with E-state index in [-0.39, 0.29) is 18.5 Å². The molecule has 488 valence electrons. The van der Waals surface area contributed by atoms with Crippen molar-refractivity contribution in [3.8, 4) is 0 Å². The molecule has 2 atom stereocenters. The summed E-state index contributed by atoms with van der Waals surface area (Å²) >= 11 is 0. The minimum atomic E-state index is -0.850. The Hall–Kier alpha value is -2.18. The van der Waals surface area contributed by atoms with E-state index in [0.717, 1.165) is 51.4 Å². The number of carbonyl (C=O) groups is 2. The smallest absolute Gasteiger partial charge is 0.305 e. The van der Waals surface area contributed by atoms with Crippen LogP contribution in [0.1, 0.15) is 406 Å². The third kappa shape index (κ3) is 68.8. The van der Waals surface area contributed by atoms with Gasteiger partial charge in [-0.3, -0.25) is 9.59 Å². The van der Waals surface area contributed by atoms with Crippen LogP contribution in [-0.2, 0) is 14.3 Å². The van der Waals surface area contributed by atoms with Crippen molar-refractivity contribution in [2.45, 2.75) is 418 Å². The van der Waals surface area contributed by atoms with Crippen LogP contribution >= 0.6 is 0 Å². The minimum Gasteiger partial charge on any atom is -0.466 e. The van der Waals surface area contributed by atoms with Crippen molar-refractivity contribution in [1.29, 1.82) is 0 Å². The monoisotopic (exact) mass is 1160 g/mol. The molecule has 0 aromatic carbocycles. The highest BCUT2D eigenvalue weighted by molar-refractivity contribution is 5.76. The predicted octanol–water partition coefficient (Wildman–Crippen LogP) is 24.4. The van der Waals surface area contributed by atoms with Crippen LogP contribution < -0.4 is 5.32 Å². The number of ether oxygens (including phenoxy) is 1. The second-order valence-corrected chi connectivity index (χ2v) is 25.6. The first kappa shape index (κ1) is 80.8. The first-order valence-electron chi connectivity index (χ1n) is 37.4. The number of unbranched alkanes of at least 4 members (excludes halogenated alkanes) is 53. The third-order valence-corrected chi connectivity index (χ3v) is 17.3. The molecule has 0 heterocycles. The second-order valence-electron chi connectivity index (χ2n) is 25.6. The molecule has 83 heavy (non-hydrogen) atoms. The summed E-state index contributed by atoms with van der Waals surface area (Å²) in [4.78, 5) is 24.7. The Bertz CT molecular complexity index is 1390. The van der Waals surface area contributed by atoms with Gasteiger partial charge >= 0.3 is 5.97 Å². The predicted molar refractivity (Wildman–Crippen MR) is 366 cm³/mol. The highest BCUT2D eigenvalue weighted by atomic mass is 16.5. The van der Waals surface area contributed by atoms with E-state index in [1.54, 1.807) is 6.08 Å². The van der Waals surface area contributed by atoms with Crippen molar-refractivity contribution in [1.82, 2.24) is 5.32 Å². The van der Waals surface area contributed by atoms with Gasteiger partial charge in [-0.15, -0.1) is 0 Å². The van der Waals surface area contributed by atoms with E-state index in [4.69, 9.17) is 4.74 Å². The quantitative estimate of drug-likeness (QED) is 0.0320. The van der Waals surface area contributed by atoms with Crippen LogP contribution in [0.4, 0.5) is 0 Å². The Morgan fingerprint density at radius 1 is 0.337 bits per heavy atom. The maximum Gasteiger partial charge on any atom is 0.305 e. The normalized spacial score (nSPS) is 12.8. The van der Waals surface area contributed by atoms with Gasteiger partial charge in [0.15, 0.2) is 0 Å². The molecule has 0 radical (unpaired) electrons. The van der Waals surface area contributed by atoms with E-state index in [0.29, 0.717) is 19.4 Å². The molecule has 0 saturated carbocycles. The summed E-state index contributed by atoms with van der Waals surface area (Å²) in [7, 11) is 0. The van der Waals surface area contributed by atoms with Crippen molar-refractivity contribution < 1.29 is 24.5 Å². The zero-order chi connectivity index (χ0) is 59.9. The lowest BCUT2D eigenvalue weighted by Gasteiger charge is -2.20. The number of aliphatic hydroxyl groups is 2. The highest BCUT2D eigenvalue weighted by Crippen LogP contribution is 2.19. The van der Waals surface area contributed by atoms with E-state index in [9.17, 15) is 19.8 Å². The van der Waals surface area contributed by atoms with E-state index in [1.165, 1.54) is 327 Å². The average Bonchev–Trinajstić information content (AvgIpc) is 3.49. The summed E-state index contributed by atoms with van der Waals surface area (Å²) in [5, 5.41) is 23.3. The zero-order valence-corrected chi connectivity index (χ0v) is 55.9. The number of aliphatic hydroxyl groups excluding tert-OH is 2. The Labute approximate surface area is 518 Å². The van der Waals surface area contributed by atoms with Crippen LogP contribution in [0, 0.1) is 0 Å². The van der Waals surface area contributed by atoms with Gasteiger partial charge in [-0.05, 0) is 89.9 Å². The maximum atomic E-state index is 12.5. The Morgan fingerprint density at radius 3 is 0.940 bits per heavy atom. The largest absolute Gasteiger partial charge is 0.466 e. The molecule has 0 aliphatic rings. The topological polar surface area (TPSA) is 95.9 Å². The first-order valence-corrected chi connectivity index (χ1v) is 37.4. The summed E-state index contributed by atoms with van der Waals surface area (Å²) in [5.41, 5.74) is 0. The lowest BCUT2D eigenvalue weighted by Crippen LogP contribution is -2.45. The van der Waals surface area contributed by atoms with Crippen molar-refractivity contribution in [2.75, 3.05) is 13.2 Å².